The van der Waals surface area contributed by atoms with Crippen LogP contribution in [0.4, 0.5) is 11.4 Å². The number of carbonyl (C=O) groups is 4. The molecule has 43 heavy (non-hydrogen) atoms. The Bertz CT molecular complexity index is 1470. The minimum Gasteiger partial charge on any atom is -0.508 e. The van der Waals surface area contributed by atoms with Crippen molar-refractivity contribution < 1.29 is 44.1 Å². The Morgan fingerprint density at radius 1 is 1.16 bits per heavy atom. The predicted molar refractivity (Wildman–Crippen MR) is 153 cm³/mol. The molecule has 1 aromatic rings. The van der Waals surface area contributed by atoms with Gasteiger partial charge < -0.3 is 35.5 Å². The van der Waals surface area contributed by atoms with Crippen LogP contribution < -0.4 is 27.4 Å². The van der Waals surface area contributed by atoms with E-state index in [2.05, 4.69) is 0 Å². The smallest absolute Gasteiger partial charge is 0.330 e. The first kappa shape index (κ1) is 31.7. The van der Waals surface area contributed by atoms with Crippen molar-refractivity contribution in [2.75, 3.05) is 44.7 Å². The number of primary amides is 1. The molecule has 234 valence electrons. The molecule has 0 saturated carbocycles. The highest BCUT2D eigenvalue weighted by Gasteiger charge is 2.63. The average Bonchev–Trinajstić information content (AvgIpc) is 2.92. The third-order valence-corrected chi connectivity index (χ3v) is 8.58. The van der Waals surface area contributed by atoms with Crippen LogP contribution in [0, 0.1) is 11.8 Å². The van der Waals surface area contributed by atoms with E-state index in [1.807, 2.05) is 0 Å². The standard InChI is InChI=1S/C28H38N6O9/c1-7-42-27(40)11(2)34(30)16-10-15(32(3)4)13-8-12-9-14-20(33(5)6)23(37)19(26(29)39)24(38)28(14,41)25(43-31)17(12)22(36)18(13)21(16)35/h10-12,14,20,35,38,41H,7-9,30-31H2,1-6H3,(H2,29,39)/t11?,12-,14-,20-,28+/m0/s1. The summed E-state index contributed by atoms with van der Waals surface area (Å²) in [5, 5.41) is 35.7. The summed E-state index contributed by atoms with van der Waals surface area (Å²) in [5.74, 6) is 4.45. The summed E-state index contributed by atoms with van der Waals surface area (Å²) < 4.78 is 5.05. The molecule has 3 aliphatic rings. The van der Waals surface area contributed by atoms with Gasteiger partial charge in [-0.3, -0.25) is 24.3 Å². The van der Waals surface area contributed by atoms with Gasteiger partial charge in [-0.2, -0.15) is 5.90 Å². The summed E-state index contributed by atoms with van der Waals surface area (Å²) in [6, 6.07) is -0.627. The van der Waals surface area contributed by atoms with E-state index in [1.165, 1.54) is 11.8 Å². The number of aliphatic hydroxyl groups is 2. The number of likely N-dealkylation sites (N-methyl/N-ethyl adjacent to an activating group) is 1. The van der Waals surface area contributed by atoms with Gasteiger partial charge in [-0.15, -0.1) is 0 Å². The number of ether oxygens (including phenoxy) is 1. The zero-order valence-corrected chi connectivity index (χ0v) is 24.9. The topological polar surface area (TPSA) is 235 Å². The van der Waals surface area contributed by atoms with Gasteiger partial charge >= 0.3 is 5.97 Å². The van der Waals surface area contributed by atoms with E-state index >= 15 is 0 Å². The normalized spacial score (nSPS) is 25.6. The van der Waals surface area contributed by atoms with Crippen LogP contribution in [0.1, 0.15) is 36.2 Å². The van der Waals surface area contributed by atoms with Crippen LogP contribution in [0.2, 0.25) is 0 Å². The fourth-order valence-electron chi connectivity index (χ4n) is 6.59. The van der Waals surface area contributed by atoms with Gasteiger partial charge in [0.25, 0.3) is 5.91 Å². The maximum atomic E-state index is 14.3. The molecule has 0 radical (unpaired) electrons. The molecule has 9 N–H and O–H groups in total. The van der Waals surface area contributed by atoms with Crippen LogP contribution in [0.25, 0.3) is 0 Å². The minimum atomic E-state index is -2.57. The Balaban J connectivity index is 2.00. The van der Waals surface area contributed by atoms with Crippen LogP contribution in [-0.4, -0.2) is 96.1 Å². The van der Waals surface area contributed by atoms with Gasteiger partial charge in [-0.05, 0) is 58.3 Å². The Labute approximate surface area is 248 Å². The zero-order valence-electron chi connectivity index (χ0n) is 24.9. The number of nitrogens with zero attached hydrogens (tertiary/aromatic N) is 3. The number of aliphatic hydroxyl groups excluding tert-OH is 1. The number of esters is 1. The molecule has 0 aromatic heterocycles. The summed E-state index contributed by atoms with van der Waals surface area (Å²) in [7, 11) is 6.58. The van der Waals surface area contributed by atoms with E-state index in [-0.39, 0.29) is 36.3 Å². The van der Waals surface area contributed by atoms with Crippen molar-refractivity contribution in [3.05, 3.63) is 39.9 Å². The lowest BCUT2D eigenvalue weighted by Crippen LogP contribution is -2.63. The van der Waals surface area contributed by atoms with Crippen molar-refractivity contribution in [2.24, 2.45) is 29.3 Å². The highest BCUT2D eigenvalue weighted by atomic mass is 16.6. The molecule has 4 rings (SSSR count). The number of amides is 1. The van der Waals surface area contributed by atoms with Gasteiger partial charge in [0, 0.05) is 31.3 Å². The number of aromatic hydroxyl groups is 1. The molecule has 3 aliphatic carbocycles. The molecule has 0 spiro atoms. The van der Waals surface area contributed by atoms with Crippen molar-refractivity contribution in [2.45, 2.75) is 44.4 Å². The second-order valence-electron chi connectivity index (χ2n) is 11.4. The molecule has 0 heterocycles. The SMILES string of the molecule is CCOC(=O)C(C)N(N)c1cc(N(C)C)c2c(c1O)C(=O)C1=C(ON)[C@]3(O)C(O)=C(C(N)=O)C(=O)[C@@H](N(C)C)[C@@H]3C[C@@H]1C2. The summed E-state index contributed by atoms with van der Waals surface area (Å²) in [5.41, 5.74) is 2.60. The van der Waals surface area contributed by atoms with Crippen LogP contribution in [-0.2, 0) is 30.4 Å². The number of nitrogens with two attached hydrogens (primary N) is 3. The molecule has 0 saturated heterocycles. The second-order valence-corrected chi connectivity index (χ2v) is 11.4. The van der Waals surface area contributed by atoms with Gasteiger partial charge in [0.2, 0.25) is 0 Å². The van der Waals surface area contributed by atoms with Crippen molar-refractivity contribution in [3.8, 4) is 5.75 Å². The zero-order chi connectivity index (χ0) is 32.3. The summed E-state index contributed by atoms with van der Waals surface area (Å²) in [4.78, 5) is 60.7. The number of allylic oxidation sites excluding steroid dienone is 1. The number of hydrogen-bond acceptors (Lipinski definition) is 14. The molecule has 15 heteroatoms. The molecule has 1 aromatic carbocycles. The Morgan fingerprint density at radius 2 is 1.79 bits per heavy atom. The highest BCUT2D eigenvalue weighted by molar-refractivity contribution is 6.22. The maximum Gasteiger partial charge on any atom is 0.330 e. The largest absolute Gasteiger partial charge is 0.508 e. The molecule has 15 nitrogen and oxygen atoms in total. The molecule has 0 bridgehead atoms. The first-order valence-corrected chi connectivity index (χ1v) is 13.6. The number of phenolic OH excluding ortho intramolecular Hbond substituents is 1. The molecule has 5 atom stereocenters. The van der Waals surface area contributed by atoms with E-state index in [0.29, 0.717) is 11.3 Å². The Morgan fingerprint density at radius 3 is 2.30 bits per heavy atom. The van der Waals surface area contributed by atoms with Gasteiger partial charge in [0.05, 0.1) is 23.9 Å². The van der Waals surface area contributed by atoms with E-state index < -0.39 is 75.8 Å². The lowest BCUT2D eigenvalue weighted by molar-refractivity contribution is -0.144. The Kier molecular flexibility index (Phi) is 8.23. The van der Waals surface area contributed by atoms with Crippen molar-refractivity contribution in [1.29, 1.82) is 0 Å². The fraction of sp³-hybridized carbons (Fsp3) is 0.500. The van der Waals surface area contributed by atoms with Crippen LogP contribution in [0.5, 0.6) is 5.75 Å². The maximum absolute atomic E-state index is 14.3. The molecule has 1 amide bonds. The number of phenols is 1. The number of carbonyl (C=O) groups excluding carboxylic acids is 4. The van der Waals surface area contributed by atoms with Crippen molar-refractivity contribution >= 4 is 34.8 Å². The number of rotatable bonds is 8. The van der Waals surface area contributed by atoms with E-state index in [9.17, 15) is 34.5 Å². The number of hydrogen-bond donors (Lipinski definition) is 6. The summed E-state index contributed by atoms with van der Waals surface area (Å²) in [6.45, 7) is 3.21. The van der Waals surface area contributed by atoms with Crippen molar-refractivity contribution in [3.63, 3.8) is 0 Å². The third-order valence-electron chi connectivity index (χ3n) is 8.58. The second kappa shape index (κ2) is 11.1. The van der Waals surface area contributed by atoms with E-state index in [0.717, 1.165) is 5.01 Å². The fourth-order valence-corrected chi connectivity index (χ4v) is 6.59. The third kappa shape index (κ3) is 4.59. The molecule has 0 fully saturated rings. The first-order chi connectivity index (χ1) is 20.1. The molecular formula is C28H38N6O9. The molecule has 1 unspecified atom stereocenters. The number of anilines is 2. The van der Waals surface area contributed by atoms with Crippen LogP contribution in [0.15, 0.2) is 28.7 Å². The number of ketones is 2. The highest BCUT2D eigenvalue weighted by Crippen LogP contribution is 2.55. The van der Waals surface area contributed by atoms with Gasteiger partial charge in [0.15, 0.2) is 28.7 Å². The number of fused-ring (bicyclic) bond motifs is 3. The predicted octanol–water partition coefficient (Wildman–Crippen LogP) is -0.849. The van der Waals surface area contributed by atoms with E-state index in [1.54, 1.807) is 46.1 Å². The lowest BCUT2D eigenvalue weighted by atomic mass is 9.59. The number of benzene rings is 1. The van der Waals surface area contributed by atoms with Gasteiger partial charge in [-0.1, -0.05) is 0 Å². The first-order valence-electron chi connectivity index (χ1n) is 13.6. The van der Waals surface area contributed by atoms with Crippen molar-refractivity contribution in [1.82, 2.24) is 4.90 Å². The van der Waals surface area contributed by atoms with Crippen LogP contribution >= 0.6 is 0 Å². The van der Waals surface area contributed by atoms with Gasteiger partial charge in [0.1, 0.15) is 17.4 Å². The number of Topliss-reactive ketones (excluding diaryl/α,β-unsaturated/α-hetero) is 2. The summed E-state index contributed by atoms with van der Waals surface area (Å²) >= 11 is 0. The monoisotopic (exact) mass is 602 g/mol. The quantitative estimate of drug-likeness (QED) is 0.0920. The minimum absolute atomic E-state index is 0.00709. The molecular weight excluding hydrogens is 564 g/mol. The summed E-state index contributed by atoms with van der Waals surface area (Å²) in [6.07, 6.45) is 0.129. The van der Waals surface area contributed by atoms with Crippen LogP contribution in [0.3, 0.4) is 0 Å². The Hall–Kier alpha value is -4.18. The van der Waals surface area contributed by atoms with Gasteiger partial charge in [-0.25, -0.2) is 10.6 Å². The lowest BCUT2D eigenvalue weighted by Gasteiger charge is -2.50. The molecule has 0 aliphatic heterocycles. The number of hydrazine groups is 1. The van der Waals surface area contributed by atoms with E-state index in [4.69, 9.17) is 27.0 Å². The average molecular weight is 603 g/mol.